The molecular weight excluding hydrogens is 286 g/mol. The summed E-state index contributed by atoms with van der Waals surface area (Å²) < 4.78 is 4.73. The molecule has 1 atom stereocenters. The second-order valence-electron chi connectivity index (χ2n) is 3.74. The van der Waals surface area contributed by atoms with Crippen LogP contribution in [0.4, 0.5) is 0 Å². The van der Waals surface area contributed by atoms with Crippen LogP contribution in [0, 0.1) is 0 Å². The first-order valence-corrected chi connectivity index (χ1v) is 7.14. The quantitative estimate of drug-likeness (QED) is 0.648. The van der Waals surface area contributed by atoms with Gasteiger partial charge in [-0.05, 0) is 38.1 Å². The molecule has 6 heteroatoms. The number of nitrogens with one attached hydrogen (secondary N) is 1. The van der Waals surface area contributed by atoms with Crippen molar-refractivity contribution in [1.29, 1.82) is 0 Å². The first-order valence-electron chi connectivity index (χ1n) is 5.88. The highest BCUT2D eigenvalue weighted by Crippen LogP contribution is 2.24. The Kier molecular flexibility index (Phi) is 6.73. The summed E-state index contributed by atoms with van der Waals surface area (Å²) in [5.74, 6) is -0.632. The van der Waals surface area contributed by atoms with Crippen molar-refractivity contribution in [1.82, 2.24) is 5.32 Å². The van der Waals surface area contributed by atoms with Crippen LogP contribution in [0.25, 0.3) is 0 Å². The summed E-state index contributed by atoms with van der Waals surface area (Å²) in [5.41, 5.74) is 0. The van der Waals surface area contributed by atoms with Crippen LogP contribution in [0.5, 0.6) is 0 Å². The van der Waals surface area contributed by atoms with Crippen molar-refractivity contribution < 1.29 is 14.3 Å². The molecule has 19 heavy (non-hydrogen) atoms. The predicted molar refractivity (Wildman–Crippen MR) is 76.4 cm³/mol. The summed E-state index contributed by atoms with van der Waals surface area (Å²) >= 11 is 7.19. The third-order valence-electron chi connectivity index (χ3n) is 2.21. The van der Waals surface area contributed by atoms with Gasteiger partial charge in [-0.3, -0.25) is 9.59 Å². The summed E-state index contributed by atoms with van der Waals surface area (Å²) in [7, 11) is 0. The van der Waals surface area contributed by atoms with E-state index in [0.29, 0.717) is 11.6 Å². The van der Waals surface area contributed by atoms with E-state index in [4.69, 9.17) is 16.3 Å². The molecule has 1 aromatic rings. The summed E-state index contributed by atoms with van der Waals surface area (Å²) in [5, 5.41) is 2.90. The molecule has 1 aromatic carbocycles. The van der Waals surface area contributed by atoms with E-state index in [1.807, 2.05) is 12.1 Å². The molecule has 104 valence electrons. The third kappa shape index (κ3) is 5.98. The van der Waals surface area contributed by atoms with Crippen LogP contribution in [0.2, 0.25) is 5.02 Å². The molecule has 0 spiro atoms. The average Bonchev–Trinajstić information content (AvgIpc) is 2.39. The number of amides is 1. The monoisotopic (exact) mass is 301 g/mol. The molecule has 0 bridgehead atoms. The highest BCUT2D eigenvalue weighted by atomic mass is 35.5. The second-order valence-corrected chi connectivity index (χ2v) is 5.59. The van der Waals surface area contributed by atoms with Crippen molar-refractivity contribution in [3.8, 4) is 0 Å². The van der Waals surface area contributed by atoms with E-state index in [2.05, 4.69) is 5.32 Å². The zero-order chi connectivity index (χ0) is 14.3. The van der Waals surface area contributed by atoms with Gasteiger partial charge in [0.25, 0.3) is 0 Å². The summed E-state index contributed by atoms with van der Waals surface area (Å²) in [6, 6.07) is 7.24. The van der Waals surface area contributed by atoms with Gasteiger partial charge in [-0.25, -0.2) is 0 Å². The van der Waals surface area contributed by atoms with Gasteiger partial charge < -0.3 is 10.1 Å². The normalized spacial score (nSPS) is 11.7. The van der Waals surface area contributed by atoms with E-state index in [-0.39, 0.29) is 17.7 Å². The molecule has 0 aliphatic heterocycles. The minimum absolute atomic E-state index is 0.0990. The number of esters is 1. The zero-order valence-corrected chi connectivity index (χ0v) is 12.4. The molecule has 1 unspecified atom stereocenters. The number of ether oxygens (including phenoxy) is 1. The lowest BCUT2D eigenvalue weighted by atomic mass is 10.4. The van der Waals surface area contributed by atoms with E-state index in [1.165, 1.54) is 11.8 Å². The number of rotatable bonds is 6. The SMILES string of the molecule is CCOC(=O)CNC(=O)C(C)Sc1ccc(Cl)cc1. The van der Waals surface area contributed by atoms with Gasteiger partial charge >= 0.3 is 5.97 Å². The smallest absolute Gasteiger partial charge is 0.325 e. The highest BCUT2D eigenvalue weighted by molar-refractivity contribution is 8.00. The Morgan fingerprint density at radius 3 is 2.58 bits per heavy atom. The molecule has 0 aliphatic rings. The maximum Gasteiger partial charge on any atom is 0.325 e. The number of carbonyl (C=O) groups is 2. The van der Waals surface area contributed by atoms with E-state index in [1.54, 1.807) is 26.0 Å². The lowest BCUT2D eigenvalue weighted by molar-refractivity contribution is -0.143. The molecule has 1 amide bonds. The third-order valence-corrected chi connectivity index (χ3v) is 3.57. The van der Waals surface area contributed by atoms with Gasteiger partial charge in [-0.15, -0.1) is 11.8 Å². The fourth-order valence-electron chi connectivity index (χ4n) is 1.29. The van der Waals surface area contributed by atoms with Crippen LogP contribution in [-0.4, -0.2) is 30.3 Å². The molecule has 0 fully saturated rings. The maximum absolute atomic E-state index is 11.8. The molecule has 0 aliphatic carbocycles. The molecule has 0 aromatic heterocycles. The van der Waals surface area contributed by atoms with Gasteiger partial charge in [0.1, 0.15) is 6.54 Å². The van der Waals surface area contributed by atoms with Crippen molar-refractivity contribution >= 4 is 35.2 Å². The Hall–Kier alpha value is -1.20. The summed E-state index contributed by atoms with van der Waals surface area (Å²) in [6.45, 7) is 3.71. The van der Waals surface area contributed by atoms with Crippen molar-refractivity contribution in [3.63, 3.8) is 0 Å². The van der Waals surface area contributed by atoms with Crippen LogP contribution in [0.15, 0.2) is 29.2 Å². The topological polar surface area (TPSA) is 55.4 Å². The van der Waals surface area contributed by atoms with E-state index in [0.717, 1.165) is 4.90 Å². The molecule has 1 N–H and O–H groups in total. The van der Waals surface area contributed by atoms with Crippen LogP contribution >= 0.6 is 23.4 Å². The molecular formula is C13H16ClNO3S. The first kappa shape index (κ1) is 15.9. The Morgan fingerprint density at radius 1 is 1.37 bits per heavy atom. The van der Waals surface area contributed by atoms with Crippen LogP contribution in [0.1, 0.15) is 13.8 Å². The van der Waals surface area contributed by atoms with Gasteiger partial charge in [0.2, 0.25) is 5.91 Å². The van der Waals surface area contributed by atoms with Crippen molar-refractivity contribution in [2.45, 2.75) is 24.0 Å². The predicted octanol–water partition coefficient (Wildman–Crippen LogP) is 2.50. The van der Waals surface area contributed by atoms with E-state index >= 15 is 0 Å². The minimum Gasteiger partial charge on any atom is -0.465 e. The number of hydrogen-bond acceptors (Lipinski definition) is 4. The van der Waals surface area contributed by atoms with Gasteiger partial charge in [0, 0.05) is 9.92 Å². The lowest BCUT2D eigenvalue weighted by Gasteiger charge is -2.11. The standard InChI is InChI=1S/C13H16ClNO3S/c1-3-18-12(16)8-15-13(17)9(2)19-11-6-4-10(14)5-7-11/h4-7,9H,3,8H2,1-2H3,(H,15,17). The largest absolute Gasteiger partial charge is 0.465 e. The highest BCUT2D eigenvalue weighted by Gasteiger charge is 2.15. The number of benzene rings is 1. The molecule has 0 radical (unpaired) electrons. The van der Waals surface area contributed by atoms with Crippen molar-refractivity contribution in [3.05, 3.63) is 29.3 Å². The maximum atomic E-state index is 11.8. The zero-order valence-electron chi connectivity index (χ0n) is 10.8. The van der Waals surface area contributed by atoms with Crippen molar-refractivity contribution in [2.75, 3.05) is 13.2 Å². The minimum atomic E-state index is -0.431. The fraction of sp³-hybridized carbons (Fsp3) is 0.385. The Morgan fingerprint density at radius 2 is 2.00 bits per heavy atom. The lowest BCUT2D eigenvalue weighted by Crippen LogP contribution is -2.35. The Labute approximate surface area is 121 Å². The number of carbonyl (C=O) groups excluding carboxylic acids is 2. The molecule has 4 nitrogen and oxygen atoms in total. The van der Waals surface area contributed by atoms with Gasteiger partial charge in [0.05, 0.1) is 11.9 Å². The van der Waals surface area contributed by atoms with E-state index in [9.17, 15) is 9.59 Å². The Bertz CT molecular complexity index is 436. The molecule has 0 saturated heterocycles. The van der Waals surface area contributed by atoms with Crippen LogP contribution in [-0.2, 0) is 14.3 Å². The molecule has 0 heterocycles. The number of hydrogen-bond donors (Lipinski definition) is 1. The molecule has 0 saturated carbocycles. The van der Waals surface area contributed by atoms with Crippen LogP contribution in [0.3, 0.4) is 0 Å². The van der Waals surface area contributed by atoms with Crippen LogP contribution < -0.4 is 5.32 Å². The molecule has 1 rings (SSSR count). The fourth-order valence-corrected chi connectivity index (χ4v) is 2.30. The summed E-state index contributed by atoms with van der Waals surface area (Å²) in [4.78, 5) is 23.8. The second kappa shape index (κ2) is 8.07. The number of thioether (sulfide) groups is 1. The average molecular weight is 302 g/mol. The van der Waals surface area contributed by atoms with Gasteiger partial charge in [-0.2, -0.15) is 0 Å². The number of halogens is 1. The summed E-state index contributed by atoms with van der Waals surface area (Å²) in [6.07, 6.45) is 0. The van der Waals surface area contributed by atoms with E-state index < -0.39 is 5.97 Å². The van der Waals surface area contributed by atoms with Crippen molar-refractivity contribution in [2.24, 2.45) is 0 Å². The van der Waals surface area contributed by atoms with Gasteiger partial charge in [0.15, 0.2) is 0 Å². The van der Waals surface area contributed by atoms with Gasteiger partial charge in [-0.1, -0.05) is 11.6 Å². The Balaban J connectivity index is 2.40. The first-order chi connectivity index (χ1) is 9.02.